The number of nitrogens with two attached hydrogens (primary N) is 1. The number of imidazole rings is 2. The Bertz CT molecular complexity index is 1430. The second-order valence-electron chi connectivity index (χ2n) is 8.64. The van der Waals surface area contributed by atoms with Gasteiger partial charge in [0.05, 0.1) is 16.7 Å². The maximum absolute atomic E-state index is 13.3. The van der Waals surface area contributed by atoms with Crippen molar-refractivity contribution in [2.45, 2.75) is 6.92 Å². The van der Waals surface area contributed by atoms with Crippen molar-refractivity contribution < 1.29 is 9.59 Å². The standard InChI is InChI=1S/C24H25ClN8O2/c1-14-3-4-15(25)11-19(14)33-13-27-20(22(26)34)21(33)23(35)30-24-28-17-6-5-16(12-18(17)29-24)32-9-7-31(2)8-10-32/h3-6,11-13H,7-10H2,1-2H3,(H2,26,34)(H2,28,29,30,35). The highest BCUT2D eigenvalue weighted by Crippen LogP contribution is 2.25. The highest BCUT2D eigenvalue weighted by Gasteiger charge is 2.25. The number of likely N-dealkylation sites (N-methyl/N-ethyl adjacent to an activating group) is 1. The lowest BCUT2D eigenvalue weighted by molar-refractivity contribution is 0.0970. The maximum Gasteiger partial charge on any atom is 0.277 e. The van der Waals surface area contributed by atoms with Crippen LogP contribution in [-0.2, 0) is 0 Å². The Hall–Kier alpha value is -3.89. The summed E-state index contributed by atoms with van der Waals surface area (Å²) in [6.07, 6.45) is 1.38. The molecule has 1 fully saturated rings. The highest BCUT2D eigenvalue weighted by atomic mass is 35.5. The average Bonchev–Trinajstić information content (AvgIpc) is 3.44. The Labute approximate surface area is 206 Å². The number of hydrogen-bond acceptors (Lipinski definition) is 6. The molecule has 5 rings (SSSR count). The van der Waals surface area contributed by atoms with Crippen molar-refractivity contribution in [3.05, 3.63) is 64.7 Å². The molecule has 11 heteroatoms. The molecule has 0 atom stereocenters. The van der Waals surface area contributed by atoms with Gasteiger partial charge in [-0.2, -0.15) is 0 Å². The number of primary amides is 1. The molecular formula is C24H25ClN8O2. The van der Waals surface area contributed by atoms with Gasteiger partial charge in [-0.3, -0.25) is 19.5 Å². The number of aromatic nitrogens is 4. The molecule has 0 bridgehead atoms. The zero-order valence-electron chi connectivity index (χ0n) is 19.4. The van der Waals surface area contributed by atoms with E-state index in [0.29, 0.717) is 16.2 Å². The summed E-state index contributed by atoms with van der Waals surface area (Å²) in [6, 6.07) is 11.2. The number of piperazine rings is 1. The molecule has 0 saturated carbocycles. The van der Waals surface area contributed by atoms with Gasteiger partial charge in [0.1, 0.15) is 12.0 Å². The van der Waals surface area contributed by atoms with Gasteiger partial charge >= 0.3 is 0 Å². The van der Waals surface area contributed by atoms with Crippen LogP contribution < -0.4 is 16.0 Å². The number of anilines is 2. The van der Waals surface area contributed by atoms with Crippen LogP contribution in [0.1, 0.15) is 26.5 Å². The number of nitrogens with zero attached hydrogens (tertiary/aromatic N) is 5. The van der Waals surface area contributed by atoms with E-state index in [1.54, 1.807) is 12.1 Å². The third kappa shape index (κ3) is 4.45. The smallest absolute Gasteiger partial charge is 0.277 e. The predicted molar refractivity (Wildman–Crippen MR) is 136 cm³/mol. The van der Waals surface area contributed by atoms with E-state index in [1.165, 1.54) is 10.9 Å². The van der Waals surface area contributed by atoms with Gasteiger partial charge in [0.25, 0.3) is 11.8 Å². The van der Waals surface area contributed by atoms with E-state index in [0.717, 1.165) is 42.9 Å². The van der Waals surface area contributed by atoms with E-state index in [2.05, 4.69) is 37.1 Å². The van der Waals surface area contributed by atoms with Crippen molar-refractivity contribution >= 4 is 46.1 Å². The normalized spacial score (nSPS) is 14.4. The van der Waals surface area contributed by atoms with Crippen molar-refractivity contribution in [3.63, 3.8) is 0 Å². The first kappa shape index (κ1) is 22.9. The van der Waals surface area contributed by atoms with Crippen molar-refractivity contribution in [1.29, 1.82) is 0 Å². The molecule has 0 unspecified atom stereocenters. The number of fused-ring (bicyclic) bond motifs is 1. The van der Waals surface area contributed by atoms with Crippen LogP contribution in [0.25, 0.3) is 16.7 Å². The summed E-state index contributed by atoms with van der Waals surface area (Å²) >= 11 is 6.17. The number of hydrogen-bond donors (Lipinski definition) is 3. The van der Waals surface area contributed by atoms with Gasteiger partial charge in [0.15, 0.2) is 5.69 Å². The quantitative estimate of drug-likeness (QED) is 0.393. The number of rotatable bonds is 5. The number of carbonyl (C=O) groups is 2. The molecular weight excluding hydrogens is 468 g/mol. The molecule has 0 radical (unpaired) electrons. The summed E-state index contributed by atoms with van der Waals surface area (Å²) in [5.41, 5.74) is 9.44. The Morgan fingerprint density at radius 2 is 1.89 bits per heavy atom. The van der Waals surface area contributed by atoms with Crippen LogP contribution in [0, 0.1) is 6.92 Å². The molecule has 1 saturated heterocycles. The number of nitrogens with one attached hydrogen (secondary N) is 2. The molecule has 4 N–H and O–H groups in total. The van der Waals surface area contributed by atoms with Gasteiger partial charge in [-0.1, -0.05) is 17.7 Å². The van der Waals surface area contributed by atoms with Crippen molar-refractivity contribution in [2.24, 2.45) is 5.73 Å². The van der Waals surface area contributed by atoms with E-state index in [9.17, 15) is 9.59 Å². The molecule has 2 aromatic carbocycles. The molecule has 0 spiro atoms. The first-order valence-corrected chi connectivity index (χ1v) is 11.6. The number of aryl methyl sites for hydroxylation is 1. The second kappa shape index (κ2) is 9.05. The van der Waals surface area contributed by atoms with E-state index in [4.69, 9.17) is 17.3 Å². The van der Waals surface area contributed by atoms with Crippen LogP contribution in [0.3, 0.4) is 0 Å². The van der Waals surface area contributed by atoms with Crippen LogP contribution >= 0.6 is 11.6 Å². The largest absolute Gasteiger partial charge is 0.369 e. The number of H-pyrrole nitrogens is 1. The maximum atomic E-state index is 13.3. The molecule has 35 heavy (non-hydrogen) atoms. The van der Waals surface area contributed by atoms with Gasteiger partial charge in [-0.25, -0.2) is 9.97 Å². The summed E-state index contributed by atoms with van der Waals surface area (Å²) in [4.78, 5) is 41.7. The van der Waals surface area contributed by atoms with Crippen LogP contribution in [-0.4, -0.2) is 69.5 Å². The van der Waals surface area contributed by atoms with E-state index in [-0.39, 0.29) is 17.3 Å². The third-order valence-electron chi connectivity index (χ3n) is 6.21. The van der Waals surface area contributed by atoms with Crippen molar-refractivity contribution in [3.8, 4) is 5.69 Å². The van der Waals surface area contributed by atoms with Crippen molar-refractivity contribution in [2.75, 3.05) is 43.4 Å². The fourth-order valence-electron chi connectivity index (χ4n) is 4.26. The minimum Gasteiger partial charge on any atom is -0.369 e. The van der Waals surface area contributed by atoms with E-state index >= 15 is 0 Å². The molecule has 0 aliphatic carbocycles. The lowest BCUT2D eigenvalue weighted by Crippen LogP contribution is -2.44. The molecule has 4 aromatic rings. The first-order chi connectivity index (χ1) is 16.8. The average molecular weight is 493 g/mol. The zero-order chi connectivity index (χ0) is 24.7. The molecule has 2 amide bonds. The summed E-state index contributed by atoms with van der Waals surface area (Å²) in [6.45, 7) is 5.77. The molecule has 1 aliphatic heterocycles. The van der Waals surface area contributed by atoms with E-state index in [1.807, 2.05) is 31.2 Å². The highest BCUT2D eigenvalue weighted by molar-refractivity contribution is 6.30. The van der Waals surface area contributed by atoms with Crippen LogP contribution in [0.15, 0.2) is 42.7 Å². The molecule has 2 aromatic heterocycles. The summed E-state index contributed by atoms with van der Waals surface area (Å²) in [7, 11) is 2.12. The lowest BCUT2D eigenvalue weighted by atomic mass is 10.2. The number of benzene rings is 2. The predicted octanol–water partition coefficient (Wildman–Crippen LogP) is 2.81. The zero-order valence-corrected chi connectivity index (χ0v) is 20.1. The SMILES string of the molecule is Cc1ccc(Cl)cc1-n1cnc(C(N)=O)c1C(=O)Nc1nc2ccc(N3CCN(C)CC3)cc2[nH]1. The number of aromatic amines is 1. The van der Waals surface area contributed by atoms with Crippen LogP contribution in [0.2, 0.25) is 5.02 Å². The molecule has 180 valence electrons. The minimum atomic E-state index is -0.810. The summed E-state index contributed by atoms with van der Waals surface area (Å²) < 4.78 is 1.50. The summed E-state index contributed by atoms with van der Waals surface area (Å²) in [5.74, 6) is -1.13. The molecule has 10 nitrogen and oxygen atoms in total. The minimum absolute atomic E-state index is 0.00134. The van der Waals surface area contributed by atoms with Crippen molar-refractivity contribution in [1.82, 2.24) is 24.4 Å². The van der Waals surface area contributed by atoms with E-state index < -0.39 is 11.8 Å². The Kier molecular flexibility index (Phi) is 5.91. The number of halogens is 1. The topological polar surface area (TPSA) is 125 Å². The first-order valence-electron chi connectivity index (χ1n) is 11.2. The van der Waals surface area contributed by atoms with Gasteiger partial charge in [-0.15, -0.1) is 0 Å². The monoisotopic (exact) mass is 492 g/mol. The number of amides is 2. The molecule has 1 aliphatic rings. The molecule has 3 heterocycles. The Morgan fingerprint density at radius 3 is 2.63 bits per heavy atom. The summed E-state index contributed by atoms with van der Waals surface area (Å²) in [5, 5.41) is 3.24. The Balaban J connectivity index is 1.45. The Morgan fingerprint density at radius 1 is 1.11 bits per heavy atom. The third-order valence-corrected chi connectivity index (χ3v) is 6.45. The van der Waals surface area contributed by atoms with Gasteiger partial charge in [-0.05, 0) is 49.9 Å². The van der Waals surface area contributed by atoms with Gasteiger partial charge < -0.3 is 20.5 Å². The van der Waals surface area contributed by atoms with Crippen LogP contribution in [0.4, 0.5) is 11.6 Å². The van der Waals surface area contributed by atoms with Crippen LogP contribution in [0.5, 0.6) is 0 Å². The fraction of sp³-hybridized carbons (Fsp3) is 0.250. The fourth-order valence-corrected chi connectivity index (χ4v) is 4.42. The van der Waals surface area contributed by atoms with Gasteiger partial charge in [0, 0.05) is 36.9 Å². The number of carbonyl (C=O) groups excluding carboxylic acids is 2. The second-order valence-corrected chi connectivity index (χ2v) is 9.07. The van der Waals surface area contributed by atoms with Gasteiger partial charge in [0.2, 0.25) is 5.95 Å². The lowest BCUT2D eigenvalue weighted by Gasteiger charge is -2.34.